The number of hydrogen-bond acceptors (Lipinski definition) is 5. The third kappa shape index (κ3) is 10.2. The van der Waals surface area contributed by atoms with Crippen molar-refractivity contribution < 1.29 is 0 Å². The Morgan fingerprint density at radius 2 is 0.667 bits per heavy atom. The van der Waals surface area contributed by atoms with Crippen LogP contribution in [-0.4, -0.2) is 27.0 Å². The van der Waals surface area contributed by atoms with E-state index in [1.165, 1.54) is 161 Å². The molecule has 3 aliphatic rings. The summed E-state index contributed by atoms with van der Waals surface area (Å²) in [5.41, 5.74) is 0. The van der Waals surface area contributed by atoms with Crippen molar-refractivity contribution in [2.75, 3.05) is 10.6 Å². The zero-order valence-electron chi connectivity index (χ0n) is 23.3. The van der Waals surface area contributed by atoms with Gasteiger partial charge in [0.25, 0.3) is 0 Å². The number of hydrogen-bond donors (Lipinski definition) is 2. The van der Waals surface area contributed by atoms with E-state index in [4.69, 9.17) is 15.0 Å². The monoisotopic (exact) mass is 497 g/mol. The van der Waals surface area contributed by atoms with Crippen molar-refractivity contribution in [3.63, 3.8) is 0 Å². The van der Waals surface area contributed by atoms with Crippen LogP contribution in [0.5, 0.6) is 0 Å². The Bertz CT molecular complexity index is 693. The molecule has 36 heavy (non-hydrogen) atoms. The molecule has 3 saturated carbocycles. The number of anilines is 2. The molecule has 3 aliphatic carbocycles. The van der Waals surface area contributed by atoms with Crippen molar-refractivity contribution in [2.45, 2.75) is 179 Å². The molecule has 5 heteroatoms. The van der Waals surface area contributed by atoms with E-state index < -0.39 is 0 Å². The molecule has 0 aromatic carbocycles. The lowest BCUT2D eigenvalue weighted by Gasteiger charge is -2.23. The second kappa shape index (κ2) is 16.5. The van der Waals surface area contributed by atoms with E-state index in [0.29, 0.717) is 18.0 Å². The molecule has 0 aliphatic heterocycles. The molecular weight excluding hydrogens is 442 g/mol. The van der Waals surface area contributed by atoms with E-state index in [2.05, 4.69) is 10.6 Å². The summed E-state index contributed by atoms with van der Waals surface area (Å²) in [7, 11) is 0. The fourth-order valence-electron chi connectivity index (χ4n) is 6.69. The van der Waals surface area contributed by atoms with Crippen LogP contribution in [-0.2, 0) is 0 Å². The molecule has 4 rings (SSSR count). The molecule has 0 saturated heterocycles. The van der Waals surface area contributed by atoms with Crippen molar-refractivity contribution in [3.05, 3.63) is 5.82 Å². The highest BCUT2D eigenvalue weighted by Gasteiger charge is 2.21. The second-order valence-corrected chi connectivity index (χ2v) is 12.2. The number of nitrogens with zero attached hydrogens (tertiary/aromatic N) is 3. The first-order valence-corrected chi connectivity index (χ1v) is 16.2. The fourth-order valence-corrected chi connectivity index (χ4v) is 6.69. The lowest BCUT2D eigenvalue weighted by molar-refractivity contribution is 0.441. The largest absolute Gasteiger partial charge is 0.351 e. The molecule has 0 unspecified atom stereocenters. The van der Waals surface area contributed by atoms with Gasteiger partial charge in [-0.15, -0.1) is 0 Å². The lowest BCUT2D eigenvalue weighted by atomic mass is 9.90. The van der Waals surface area contributed by atoms with Gasteiger partial charge in [-0.1, -0.05) is 122 Å². The molecule has 0 amide bonds. The van der Waals surface area contributed by atoms with Gasteiger partial charge in [0.1, 0.15) is 5.82 Å². The van der Waals surface area contributed by atoms with Gasteiger partial charge in [0, 0.05) is 18.0 Å². The van der Waals surface area contributed by atoms with Crippen molar-refractivity contribution in [1.82, 2.24) is 15.0 Å². The maximum absolute atomic E-state index is 5.11. The van der Waals surface area contributed by atoms with Gasteiger partial charge in [-0.3, -0.25) is 0 Å². The van der Waals surface area contributed by atoms with Crippen LogP contribution in [0.3, 0.4) is 0 Å². The van der Waals surface area contributed by atoms with Gasteiger partial charge in [0.2, 0.25) is 11.9 Å². The maximum Gasteiger partial charge on any atom is 0.227 e. The molecule has 1 heterocycles. The fraction of sp³-hybridized carbons (Fsp3) is 0.903. The van der Waals surface area contributed by atoms with Crippen LogP contribution in [0.2, 0.25) is 0 Å². The zero-order valence-corrected chi connectivity index (χ0v) is 23.3. The van der Waals surface area contributed by atoms with E-state index in [0.717, 1.165) is 17.7 Å². The topological polar surface area (TPSA) is 62.7 Å². The maximum atomic E-state index is 5.11. The summed E-state index contributed by atoms with van der Waals surface area (Å²) in [6.07, 6.45) is 33.4. The van der Waals surface area contributed by atoms with Crippen LogP contribution < -0.4 is 10.6 Å². The van der Waals surface area contributed by atoms with E-state index in [9.17, 15) is 0 Å². The second-order valence-electron chi connectivity index (χ2n) is 12.2. The summed E-state index contributed by atoms with van der Waals surface area (Å²) < 4.78 is 0. The van der Waals surface area contributed by atoms with Crippen LogP contribution in [0.15, 0.2) is 0 Å². The number of rotatable bonds is 5. The van der Waals surface area contributed by atoms with E-state index >= 15 is 0 Å². The molecule has 0 radical (unpaired) electrons. The van der Waals surface area contributed by atoms with Gasteiger partial charge in [0.05, 0.1) is 0 Å². The number of nitrogens with one attached hydrogen (secondary N) is 2. The van der Waals surface area contributed by atoms with Gasteiger partial charge >= 0.3 is 0 Å². The Labute approximate surface area is 221 Å². The first kappa shape index (κ1) is 27.6. The highest BCUT2D eigenvalue weighted by atomic mass is 15.2. The molecule has 0 atom stereocenters. The minimum absolute atomic E-state index is 0.488. The predicted molar refractivity (Wildman–Crippen MR) is 153 cm³/mol. The Kier molecular flexibility index (Phi) is 12.6. The molecule has 0 spiro atoms. The van der Waals surface area contributed by atoms with Crippen LogP contribution >= 0.6 is 0 Å². The molecule has 1 aromatic rings. The van der Waals surface area contributed by atoms with Crippen LogP contribution in [0.1, 0.15) is 172 Å². The summed E-state index contributed by atoms with van der Waals surface area (Å²) in [5, 5.41) is 7.64. The smallest absolute Gasteiger partial charge is 0.227 e. The first-order valence-electron chi connectivity index (χ1n) is 16.2. The Morgan fingerprint density at radius 1 is 0.361 bits per heavy atom. The standard InChI is InChI=1S/C31H55N5/c1-2-4-11-17-23-27(22-16-10-3-1)32-30-34-29(26-20-14-8-7-9-15-21-26)35-31(36-30)33-28-24-18-12-5-6-13-19-25-28/h26-28H,1-25H2,(H2,32,33,34,35,36). The summed E-state index contributed by atoms with van der Waals surface area (Å²) in [6.45, 7) is 0. The summed E-state index contributed by atoms with van der Waals surface area (Å²) >= 11 is 0. The molecular formula is C31H55N5. The molecule has 0 bridgehead atoms. The van der Waals surface area contributed by atoms with Crippen molar-refractivity contribution in [2.24, 2.45) is 0 Å². The van der Waals surface area contributed by atoms with E-state index in [-0.39, 0.29) is 0 Å². The minimum Gasteiger partial charge on any atom is -0.351 e. The Balaban J connectivity index is 1.49. The summed E-state index contributed by atoms with van der Waals surface area (Å²) in [6, 6.07) is 0.995. The van der Waals surface area contributed by atoms with Gasteiger partial charge in [-0.2, -0.15) is 15.0 Å². The summed E-state index contributed by atoms with van der Waals surface area (Å²) in [4.78, 5) is 15.2. The first-order chi connectivity index (χ1) is 17.9. The van der Waals surface area contributed by atoms with Gasteiger partial charge < -0.3 is 10.6 Å². The zero-order chi connectivity index (χ0) is 24.7. The molecule has 2 N–H and O–H groups in total. The minimum atomic E-state index is 0.488. The third-order valence-electron chi connectivity index (χ3n) is 9.00. The van der Waals surface area contributed by atoms with Crippen LogP contribution in [0, 0.1) is 0 Å². The average Bonchev–Trinajstić information content (AvgIpc) is 2.94. The molecule has 1 aromatic heterocycles. The van der Waals surface area contributed by atoms with Crippen molar-refractivity contribution >= 4 is 11.9 Å². The lowest BCUT2D eigenvalue weighted by Crippen LogP contribution is -2.25. The molecule has 204 valence electrons. The molecule has 3 fully saturated rings. The Hall–Kier alpha value is -1.39. The molecule has 5 nitrogen and oxygen atoms in total. The quantitative estimate of drug-likeness (QED) is 0.424. The van der Waals surface area contributed by atoms with E-state index in [1.807, 2.05) is 0 Å². The predicted octanol–water partition coefficient (Wildman–Crippen LogP) is 9.31. The van der Waals surface area contributed by atoms with Crippen LogP contribution in [0.25, 0.3) is 0 Å². The highest BCUT2D eigenvalue weighted by Crippen LogP contribution is 2.30. The normalized spacial score (nSPS) is 23.8. The van der Waals surface area contributed by atoms with Gasteiger partial charge in [-0.05, 0) is 38.5 Å². The van der Waals surface area contributed by atoms with Gasteiger partial charge in [0.15, 0.2) is 0 Å². The van der Waals surface area contributed by atoms with Crippen molar-refractivity contribution in [1.29, 1.82) is 0 Å². The average molecular weight is 498 g/mol. The highest BCUT2D eigenvalue weighted by molar-refractivity contribution is 5.36. The summed E-state index contributed by atoms with van der Waals surface area (Å²) in [5.74, 6) is 3.22. The Morgan fingerprint density at radius 3 is 1.03 bits per heavy atom. The van der Waals surface area contributed by atoms with E-state index in [1.54, 1.807) is 0 Å². The third-order valence-corrected chi connectivity index (χ3v) is 9.00. The SMILES string of the molecule is C1CCCCCC(Nc2nc(NC3CCCCCCCC3)nc(C3CCCCCCC3)n2)CCCC1. The van der Waals surface area contributed by atoms with Crippen LogP contribution in [0.4, 0.5) is 11.9 Å². The van der Waals surface area contributed by atoms with Crippen molar-refractivity contribution in [3.8, 4) is 0 Å². The van der Waals surface area contributed by atoms with Gasteiger partial charge in [-0.25, -0.2) is 0 Å². The number of aromatic nitrogens is 3.